The van der Waals surface area contributed by atoms with Gasteiger partial charge in [-0.25, -0.2) is 0 Å². The zero-order valence-electron chi connectivity index (χ0n) is 12.3. The summed E-state index contributed by atoms with van der Waals surface area (Å²) in [6.07, 6.45) is 1.90. The summed E-state index contributed by atoms with van der Waals surface area (Å²) in [5.41, 5.74) is 8.03. The highest BCUT2D eigenvalue weighted by Crippen LogP contribution is 2.18. The first-order valence-corrected chi connectivity index (χ1v) is 6.79. The fraction of sp³-hybridized carbons (Fsp3) is 0.400. The Morgan fingerprint density at radius 3 is 2.76 bits per heavy atom. The van der Waals surface area contributed by atoms with E-state index in [1.54, 1.807) is 0 Å². The van der Waals surface area contributed by atoms with Crippen molar-refractivity contribution in [3.05, 3.63) is 36.0 Å². The van der Waals surface area contributed by atoms with Crippen LogP contribution >= 0.6 is 0 Å². The summed E-state index contributed by atoms with van der Waals surface area (Å²) in [5.74, 6) is -0.223. The molecule has 0 aliphatic carbocycles. The van der Waals surface area contributed by atoms with E-state index in [9.17, 15) is 4.79 Å². The van der Waals surface area contributed by atoms with Gasteiger partial charge < -0.3 is 25.5 Å². The van der Waals surface area contributed by atoms with Crippen molar-refractivity contribution in [2.45, 2.75) is 18.8 Å². The van der Waals surface area contributed by atoms with Crippen LogP contribution in [-0.4, -0.2) is 44.0 Å². The van der Waals surface area contributed by atoms with Gasteiger partial charge in [0.1, 0.15) is 0 Å². The van der Waals surface area contributed by atoms with Gasteiger partial charge in [-0.05, 0) is 18.1 Å². The molecule has 0 bridgehead atoms. The van der Waals surface area contributed by atoms with Crippen molar-refractivity contribution in [1.29, 1.82) is 0 Å². The van der Waals surface area contributed by atoms with E-state index in [1.165, 1.54) is 14.2 Å². The van der Waals surface area contributed by atoms with Crippen LogP contribution in [0, 0.1) is 0 Å². The quantitative estimate of drug-likeness (QED) is 0.657. The van der Waals surface area contributed by atoms with Crippen molar-refractivity contribution in [1.82, 2.24) is 10.3 Å². The monoisotopic (exact) mass is 291 g/mol. The lowest BCUT2D eigenvalue weighted by Gasteiger charge is -2.16. The molecule has 6 heteroatoms. The number of fused-ring (bicyclic) bond motifs is 1. The molecule has 0 aliphatic rings. The van der Waals surface area contributed by atoms with Crippen molar-refractivity contribution < 1.29 is 14.3 Å². The summed E-state index contributed by atoms with van der Waals surface area (Å²) in [4.78, 5) is 15.2. The Kier molecular flexibility index (Phi) is 5.32. The molecular formula is C15H21N3O3. The average molecular weight is 291 g/mol. The average Bonchev–Trinajstić information content (AvgIpc) is 2.91. The molecular weight excluding hydrogens is 270 g/mol. The Balaban J connectivity index is 1.94. The van der Waals surface area contributed by atoms with Gasteiger partial charge in [0.05, 0.1) is 12.6 Å². The van der Waals surface area contributed by atoms with Crippen molar-refractivity contribution in [2.24, 2.45) is 5.73 Å². The number of nitrogens with two attached hydrogens (primary N) is 1. The van der Waals surface area contributed by atoms with Gasteiger partial charge in [0, 0.05) is 31.3 Å². The predicted molar refractivity (Wildman–Crippen MR) is 80.8 cm³/mol. The van der Waals surface area contributed by atoms with Crippen LogP contribution in [0.2, 0.25) is 0 Å². The maximum absolute atomic E-state index is 12.0. The smallest absolute Gasteiger partial charge is 0.237 e. The van der Waals surface area contributed by atoms with E-state index in [0.717, 1.165) is 16.5 Å². The molecule has 0 spiro atoms. The minimum absolute atomic E-state index is 0.223. The number of aromatic nitrogens is 1. The molecule has 1 aromatic carbocycles. The number of methoxy groups -OCH3 is 2. The Labute approximate surface area is 123 Å². The minimum atomic E-state index is -0.612. The second kappa shape index (κ2) is 7.21. The molecule has 1 unspecified atom stereocenters. The van der Waals surface area contributed by atoms with E-state index >= 15 is 0 Å². The molecule has 6 nitrogen and oxygen atoms in total. The third kappa shape index (κ3) is 3.81. The maximum atomic E-state index is 12.0. The number of hydrogen-bond donors (Lipinski definition) is 3. The van der Waals surface area contributed by atoms with Crippen LogP contribution in [0.5, 0.6) is 0 Å². The van der Waals surface area contributed by atoms with Gasteiger partial charge in [0.25, 0.3) is 0 Å². The van der Waals surface area contributed by atoms with Gasteiger partial charge in [-0.2, -0.15) is 0 Å². The Morgan fingerprint density at radius 1 is 1.33 bits per heavy atom. The highest BCUT2D eigenvalue weighted by Gasteiger charge is 2.17. The molecule has 0 aliphatic heterocycles. The summed E-state index contributed by atoms with van der Waals surface area (Å²) in [6, 6.07) is 7.32. The first kappa shape index (κ1) is 15.5. The zero-order valence-corrected chi connectivity index (χ0v) is 12.3. The summed E-state index contributed by atoms with van der Waals surface area (Å²) >= 11 is 0. The second-order valence-electron chi connectivity index (χ2n) is 4.82. The molecule has 114 valence electrons. The lowest BCUT2D eigenvalue weighted by Crippen LogP contribution is -2.45. The molecule has 0 fully saturated rings. The lowest BCUT2D eigenvalue weighted by molar-refractivity contribution is -0.128. The highest BCUT2D eigenvalue weighted by atomic mass is 16.7. The van der Waals surface area contributed by atoms with Gasteiger partial charge in [-0.3, -0.25) is 4.79 Å². The zero-order chi connectivity index (χ0) is 15.2. The molecule has 0 radical (unpaired) electrons. The van der Waals surface area contributed by atoms with E-state index < -0.39 is 12.3 Å². The Morgan fingerprint density at radius 2 is 2.05 bits per heavy atom. The number of hydrogen-bond acceptors (Lipinski definition) is 4. The van der Waals surface area contributed by atoms with Gasteiger partial charge in [-0.15, -0.1) is 0 Å². The molecule has 1 atom stereocenters. The fourth-order valence-electron chi connectivity index (χ4n) is 2.21. The van der Waals surface area contributed by atoms with Gasteiger partial charge in [0.2, 0.25) is 5.91 Å². The standard InChI is InChI=1S/C15H21N3O3/c1-20-14(21-2)9-18-15(19)12(16)7-10-8-17-13-6-4-3-5-11(10)13/h3-6,8,12,14,17H,7,9,16H2,1-2H3,(H,18,19). The number of aromatic amines is 1. The first-order chi connectivity index (χ1) is 10.2. The first-order valence-electron chi connectivity index (χ1n) is 6.79. The van der Waals surface area contributed by atoms with Crippen LogP contribution in [-0.2, 0) is 20.7 Å². The number of rotatable bonds is 7. The van der Waals surface area contributed by atoms with Crippen LogP contribution in [0.3, 0.4) is 0 Å². The largest absolute Gasteiger partial charge is 0.361 e. The Hall–Kier alpha value is -1.89. The van der Waals surface area contributed by atoms with Crippen molar-refractivity contribution in [3.8, 4) is 0 Å². The van der Waals surface area contributed by atoms with Crippen LogP contribution in [0.4, 0.5) is 0 Å². The van der Waals surface area contributed by atoms with Crippen molar-refractivity contribution in [2.75, 3.05) is 20.8 Å². The van der Waals surface area contributed by atoms with E-state index in [4.69, 9.17) is 15.2 Å². The fourth-order valence-corrected chi connectivity index (χ4v) is 2.21. The Bertz CT molecular complexity index is 593. The number of carbonyl (C=O) groups is 1. The van der Waals surface area contributed by atoms with E-state index in [-0.39, 0.29) is 12.5 Å². The van der Waals surface area contributed by atoms with Crippen LogP contribution in [0.15, 0.2) is 30.5 Å². The molecule has 0 saturated carbocycles. The molecule has 21 heavy (non-hydrogen) atoms. The van der Waals surface area contributed by atoms with Gasteiger partial charge in [0.15, 0.2) is 6.29 Å². The third-order valence-corrected chi connectivity index (χ3v) is 3.42. The highest BCUT2D eigenvalue weighted by molar-refractivity contribution is 5.86. The molecule has 0 saturated heterocycles. The SMILES string of the molecule is COC(CNC(=O)C(N)Cc1c[nH]c2ccccc12)OC. The van der Waals surface area contributed by atoms with E-state index in [0.29, 0.717) is 6.42 Å². The minimum Gasteiger partial charge on any atom is -0.361 e. The molecule has 1 aromatic heterocycles. The summed E-state index contributed by atoms with van der Waals surface area (Å²) in [6.45, 7) is 0.271. The normalized spacial score (nSPS) is 12.8. The summed E-state index contributed by atoms with van der Waals surface area (Å²) in [5, 5.41) is 3.81. The number of ether oxygens (including phenoxy) is 2. The maximum Gasteiger partial charge on any atom is 0.237 e. The second-order valence-corrected chi connectivity index (χ2v) is 4.82. The predicted octanol–water partition coefficient (Wildman–Crippen LogP) is 0.773. The van der Waals surface area contributed by atoms with E-state index in [1.807, 2.05) is 30.5 Å². The number of benzene rings is 1. The van der Waals surface area contributed by atoms with Gasteiger partial charge in [-0.1, -0.05) is 18.2 Å². The molecule has 2 rings (SSSR count). The third-order valence-electron chi connectivity index (χ3n) is 3.42. The number of para-hydroxylation sites is 1. The number of nitrogens with one attached hydrogen (secondary N) is 2. The number of H-pyrrole nitrogens is 1. The molecule has 2 aromatic rings. The van der Waals surface area contributed by atoms with Crippen LogP contribution in [0.1, 0.15) is 5.56 Å². The van der Waals surface area contributed by atoms with Crippen LogP contribution in [0.25, 0.3) is 10.9 Å². The number of carbonyl (C=O) groups excluding carboxylic acids is 1. The van der Waals surface area contributed by atoms with E-state index in [2.05, 4.69) is 10.3 Å². The lowest BCUT2D eigenvalue weighted by atomic mass is 10.1. The van der Waals surface area contributed by atoms with Crippen molar-refractivity contribution >= 4 is 16.8 Å². The molecule has 1 heterocycles. The van der Waals surface area contributed by atoms with Gasteiger partial charge >= 0.3 is 0 Å². The summed E-state index contributed by atoms with van der Waals surface area (Å²) < 4.78 is 10.0. The number of amides is 1. The molecule has 4 N–H and O–H groups in total. The molecule has 1 amide bonds. The topological polar surface area (TPSA) is 89.4 Å². The summed E-state index contributed by atoms with van der Waals surface area (Å²) in [7, 11) is 3.04. The van der Waals surface area contributed by atoms with Crippen molar-refractivity contribution in [3.63, 3.8) is 0 Å². The van der Waals surface area contributed by atoms with Crippen LogP contribution < -0.4 is 11.1 Å².